The standard InChI is InChI=1S/C38H67N2/c1-3-5-7-9-11-13-15-17-19-21-23-28-32-39-34-35-40(38(39)36-37-30-26-25-27-31-37)33-29-24-22-20-18-16-14-12-10-8-6-4-2/h25-27,30-31,34-35H,3-24,28-29,32-33,36H2,1-2H3/q+1. The van der Waals surface area contributed by atoms with Crippen molar-refractivity contribution in [3.63, 3.8) is 0 Å². The van der Waals surface area contributed by atoms with Crippen LogP contribution in [-0.4, -0.2) is 4.57 Å². The molecule has 0 bridgehead atoms. The van der Waals surface area contributed by atoms with Crippen molar-refractivity contribution in [2.75, 3.05) is 0 Å². The van der Waals surface area contributed by atoms with Gasteiger partial charge in [-0.25, -0.2) is 9.13 Å². The number of hydrogen-bond acceptors (Lipinski definition) is 0. The second kappa shape index (κ2) is 25.2. The minimum absolute atomic E-state index is 1.05. The van der Waals surface area contributed by atoms with Gasteiger partial charge < -0.3 is 0 Å². The predicted octanol–water partition coefficient (Wildman–Crippen LogP) is 11.8. The second-order valence-corrected chi connectivity index (χ2v) is 12.5. The summed E-state index contributed by atoms with van der Waals surface area (Å²) in [6, 6.07) is 11.1. The summed E-state index contributed by atoms with van der Waals surface area (Å²) in [5, 5.41) is 0. The van der Waals surface area contributed by atoms with E-state index in [4.69, 9.17) is 0 Å². The molecule has 228 valence electrons. The van der Waals surface area contributed by atoms with Gasteiger partial charge in [-0.05, 0) is 31.2 Å². The van der Waals surface area contributed by atoms with Crippen molar-refractivity contribution < 1.29 is 4.57 Å². The maximum atomic E-state index is 2.56. The Morgan fingerprint density at radius 2 is 0.925 bits per heavy atom. The van der Waals surface area contributed by atoms with Gasteiger partial charge in [0.1, 0.15) is 12.4 Å². The molecule has 2 aromatic rings. The first-order valence-corrected chi connectivity index (χ1v) is 18.0. The van der Waals surface area contributed by atoms with Crippen molar-refractivity contribution >= 4 is 0 Å². The molecular weight excluding hydrogens is 484 g/mol. The zero-order chi connectivity index (χ0) is 28.4. The number of benzene rings is 1. The maximum Gasteiger partial charge on any atom is 0.260 e. The fourth-order valence-corrected chi connectivity index (χ4v) is 6.13. The van der Waals surface area contributed by atoms with Crippen LogP contribution in [0.3, 0.4) is 0 Å². The van der Waals surface area contributed by atoms with E-state index in [-0.39, 0.29) is 0 Å². The summed E-state index contributed by atoms with van der Waals surface area (Å²) in [6.07, 6.45) is 39.8. The molecule has 2 rings (SSSR count). The Balaban J connectivity index is 1.63. The van der Waals surface area contributed by atoms with Crippen LogP contribution >= 0.6 is 0 Å². The van der Waals surface area contributed by atoms with E-state index in [0.717, 1.165) is 6.42 Å². The van der Waals surface area contributed by atoms with Gasteiger partial charge in [0.15, 0.2) is 0 Å². The zero-order valence-electron chi connectivity index (χ0n) is 27.0. The van der Waals surface area contributed by atoms with Crippen LogP contribution in [0, 0.1) is 0 Å². The summed E-state index contributed by atoms with van der Waals surface area (Å²) in [5.41, 5.74) is 1.43. The van der Waals surface area contributed by atoms with Crippen LogP contribution in [-0.2, 0) is 19.5 Å². The second-order valence-electron chi connectivity index (χ2n) is 12.5. The molecule has 40 heavy (non-hydrogen) atoms. The Labute approximate surface area is 250 Å². The van der Waals surface area contributed by atoms with Crippen LogP contribution in [0.15, 0.2) is 42.7 Å². The Bertz CT molecular complexity index is 748. The summed E-state index contributed by atoms with van der Waals surface area (Å²) < 4.78 is 5.12. The van der Waals surface area contributed by atoms with Crippen molar-refractivity contribution in [3.8, 4) is 0 Å². The molecule has 1 heterocycles. The minimum Gasteiger partial charge on any atom is -0.234 e. The molecule has 0 saturated heterocycles. The van der Waals surface area contributed by atoms with E-state index >= 15 is 0 Å². The molecule has 0 unspecified atom stereocenters. The number of nitrogens with zero attached hydrogens (tertiary/aromatic N) is 2. The molecule has 2 heteroatoms. The van der Waals surface area contributed by atoms with Crippen molar-refractivity contribution in [3.05, 3.63) is 54.1 Å². The normalized spacial score (nSPS) is 11.4. The van der Waals surface area contributed by atoms with Gasteiger partial charge in [0.2, 0.25) is 0 Å². The molecule has 1 aromatic carbocycles. The van der Waals surface area contributed by atoms with Gasteiger partial charge in [0, 0.05) is 0 Å². The third-order valence-corrected chi connectivity index (χ3v) is 8.80. The Kier molecular flexibility index (Phi) is 21.8. The summed E-state index contributed by atoms with van der Waals surface area (Å²) in [7, 11) is 0. The molecule has 0 spiro atoms. The lowest BCUT2D eigenvalue weighted by atomic mass is 10.1. The number of hydrogen-bond donors (Lipinski definition) is 0. The van der Waals surface area contributed by atoms with Gasteiger partial charge in [0.05, 0.1) is 19.5 Å². The fraction of sp³-hybridized carbons (Fsp3) is 0.763. The molecule has 0 N–H and O–H groups in total. The first kappa shape index (κ1) is 34.6. The van der Waals surface area contributed by atoms with E-state index in [2.05, 4.69) is 65.7 Å². The fourth-order valence-electron chi connectivity index (χ4n) is 6.13. The lowest BCUT2D eigenvalue weighted by Crippen LogP contribution is -2.37. The highest BCUT2D eigenvalue weighted by molar-refractivity contribution is 5.18. The largest absolute Gasteiger partial charge is 0.260 e. The summed E-state index contributed by atoms with van der Waals surface area (Å²) in [5.74, 6) is 1.50. The number of rotatable bonds is 28. The topological polar surface area (TPSA) is 8.81 Å². The molecular formula is C38H67N2+. The highest BCUT2D eigenvalue weighted by Gasteiger charge is 2.17. The number of aromatic nitrogens is 2. The summed E-state index contributed by atoms with van der Waals surface area (Å²) >= 11 is 0. The smallest absolute Gasteiger partial charge is 0.234 e. The van der Waals surface area contributed by atoms with E-state index in [1.807, 2.05) is 0 Å². The predicted molar refractivity (Wildman–Crippen MR) is 176 cm³/mol. The van der Waals surface area contributed by atoms with Crippen LogP contribution in [0.1, 0.15) is 179 Å². The first-order valence-electron chi connectivity index (χ1n) is 18.0. The average Bonchev–Trinajstić information content (AvgIpc) is 3.35. The number of aryl methyl sites for hydroxylation is 2. The van der Waals surface area contributed by atoms with Crippen LogP contribution in [0.5, 0.6) is 0 Å². The maximum absolute atomic E-state index is 2.56. The Morgan fingerprint density at radius 1 is 0.500 bits per heavy atom. The monoisotopic (exact) mass is 552 g/mol. The molecule has 0 aliphatic carbocycles. The van der Waals surface area contributed by atoms with Crippen molar-refractivity contribution in [2.24, 2.45) is 0 Å². The summed E-state index contributed by atoms with van der Waals surface area (Å²) in [6.45, 7) is 6.95. The van der Waals surface area contributed by atoms with E-state index in [1.54, 1.807) is 0 Å². The highest BCUT2D eigenvalue weighted by atomic mass is 15.1. The van der Waals surface area contributed by atoms with E-state index in [9.17, 15) is 0 Å². The summed E-state index contributed by atoms with van der Waals surface area (Å²) in [4.78, 5) is 0. The van der Waals surface area contributed by atoms with Crippen LogP contribution in [0.4, 0.5) is 0 Å². The molecule has 0 aliphatic heterocycles. The lowest BCUT2D eigenvalue weighted by molar-refractivity contribution is -0.703. The van der Waals surface area contributed by atoms with E-state index in [1.165, 1.54) is 179 Å². The van der Waals surface area contributed by atoms with Gasteiger partial charge in [0.25, 0.3) is 5.82 Å². The van der Waals surface area contributed by atoms with Gasteiger partial charge in [-0.15, -0.1) is 0 Å². The van der Waals surface area contributed by atoms with Gasteiger partial charge >= 0.3 is 0 Å². The van der Waals surface area contributed by atoms with E-state index < -0.39 is 0 Å². The molecule has 0 radical (unpaired) electrons. The molecule has 2 nitrogen and oxygen atoms in total. The number of unbranched alkanes of at least 4 members (excludes halogenated alkanes) is 22. The molecule has 1 aromatic heterocycles. The SMILES string of the molecule is CCCCCCCCCCCCCCn1cc[n+](CCCCCCCCCCCCCC)c1Cc1ccccc1. The Hall–Kier alpha value is -1.57. The average molecular weight is 552 g/mol. The van der Waals surface area contributed by atoms with Crippen molar-refractivity contribution in [1.29, 1.82) is 0 Å². The highest BCUT2D eigenvalue weighted by Crippen LogP contribution is 2.15. The van der Waals surface area contributed by atoms with E-state index in [0.29, 0.717) is 0 Å². The zero-order valence-corrected chi connectivity index (χ0v) is 27.0. The lowest BCUT2D eigenvalue weighted by Gasteiger charge is -2.07. The third-order valence-electron chi connectivity index (χ3n) is 8.80. The molecule has 0 amide bonds. The third kappa shape index (κ3) is 17.3. The molecule has 0 fully saturated rings. The van der Waals surface area contributed by atoms with Crippen molar-refractivity contribution in [2.45, 2.75) is 187 Å². The number of imidazole rings is 1. The van der Waals surface area contributed by atoms with Crippen LogP contribution in [0.2, 0.25) is 0 Å². The van der Waals surface area contributed by atoms with Gasteiger partial charge in [-0.2, -0.15) is 0 Å². The van der Waals surface area contributed by atoms with Gasteiger partial charge in [-0.3, -0.25) is 0 Å². The van der Waals surface area contributed by atoms with Crippen LogP contribution < -0.4 is 4.57 Å². The first-order chi connectivity index (χ1) is 19.8. The quantitative estimate of drug-likeness (QED) is 0.0734. The molecule has 0 aliphatic rings. The Morgan fingerprint density at radius 3 is 1.40 bits per heavy atom. The van der Waals surface area contributed by atoms with Crippen LogP contribution in [0.25, 0.3) is 0 Å². The van der Waals surface area contributed by atoms with Gasteiger partial charge in [-0.1, -0.05) is 173 Å². The minimum atomic E-state index is 1.05. The van der Waals surface area contributed by atoms with Crippen molar-refractivity contribution in [1.82, 2.24) is 4.57 Å². The molecule has 0 saturated carbocycles. The molecule has 0 atom stereocenters.